The molecule has 0 radical (unpaired) electrons. The van der Waals surface area contributed by atoms with E-state index in [0.717, 1.165) is 70.6 Å². The second kappa shape index (κ2) is 33.1. The van der Waals surface area contributed by atoms with Crippen LogP contribution in [0, 0.1) is 0 Å². The number of phosphoric acid groups is 1. The molecule has 0 aromatic carbocycles. The van der Waals surface area contributed by atoms with E-state index in [9.17, 15) is 19.4 Å². The normalized spacial score (nSPS) is 15.3. The van der Waals surface area contributed by atoms with Gasteiger partial charge in [0, 0.05) is 6.42 Å². The molecular weight excluding hydrogens is 647 g/mol. The van der Waals surface area contributed by atoms with Crippen LogP contribution in [0.3, 0.4) is 0 Å². The number of hydrogen-bond acceptors (Lipinski definition) is 6. The van der Waals surface area contributed by atoms with Gasteiger partial charge in [0.25, 0.3) is 7.82 Å². The third-order valence-electron chi connectivity index (χ3n) is 8.18. The number of rotatable bonds is 34. The molecule has 290 valence electrons. The summed E-state index contributed by atoms with van der Waals surface area (Å²) in [5.74, 6) is -0.228. The van der Waals surface area contributed by atoms with E-state index in [1.165, 1.54) is 51.4 Å². The second-order valence-electron chi connectivity index (χ2n) is 14.3. The molecule has 0 aromatic rings. The van der Waals surface area contributed by atoms with Crippen molar-refractivity contribution in [2.75, 3.05) is 40.9 Å². The van der Waals surface area contributed by atoms with Gasteiger partial charge in [0.05, 0.1) is 39.9 Å². The number of aliphatic hydroxyl groups excluding tert-OH is 1. The van der Waals surface area contributed by atoms with Crippen LogP contribution < -0.4 is 10.2 Å². The van der Waals surface area contributed by atoms with Gasteiger partial charge in [-0.1, -0.05) is 132 Å². The fourth-order valence-corrected chi connectivity index (χ4v) is 5.73. The smallest absolute Gasteiger partial charge is 0.268 e. The van der Waals surface area contributed by atoms with Crippen LogP contribution in [0.15, 0.2) is 60.8 Å². The zero-order valence-electron chi connectivity index (χ0n) is 32.6. The molecule has 0 heterocycles. The SMILES string of the molecule is CCC/C=C/CC/C=C/C(O)C(COP(=O)([O-])OCC[N+](C)(C)C)NC(=O)CCCCCCCC/C=C\C/C=C\C/C=C\CCCCCCC. The molecule has 0 aliphatic rings. The molecule has 0 bridgehead atoms. The van der Waals surface area contributed by atoms with Gasteiger partial charge in [-0.05, 0) is 64.2 Å². The van der Waals surface area contributed by atoms with E-state index in [2.05, 4.69) is 67.8 Å². The standard InChI is InChI=1S/C41H75N2O6P/c1-6-8-10-12-14-15-16-17-18-19-20-21-22-23-24-25-26-27-29-31-33-35-41(45)42-39(40(44)34-32-30-28-13-11-9-7-2)38-49-50(46,47)48-37-36-43(3,4)5/h11,13,16-17,19-20,22-23,32,34,39-40,44H,6-10,12,14-15,18,21,24-31,33,35-38H2,1-5H3,(H-,42,45,46,47)/b13-11+,17-16-,20-19-,23-22-,34-32+. The van der Waals surface area contributed by atoms with E-state index < -0.39 is 26.6 Å². The van der Waals surface area contributed by atoms with Crippen LogP contribution in [0.5, 0.6) is 0 Å². The number of carbonyl (C=O) groups excluding carboxylic acids is 1. The fraction of sp³-hybridized carbons (Fsp3) is 0.732. The Morgan fingerprint density at radius 3 is 1.82 bits per heavy atom. The molecule has 2 N–H and O–H groups in total. The molecule has 8 nitrogen and oxygen atoms in total. The van der Waals surface area contributed by atoms with Crippen LogP contribution in [-0.4, -0.2) is 68.5 Å². The summed E-state index contributed by atoms with van der Waals surface area (Å²) >= 11 is 0. The summed E-state index contributed by atoms with van der Waals surface area (Å²) in [6.07, 6.45) is 41.5. The number of amides is 1. The molecule has 0 fully saturated rings. The maximum Gasteiger partial charge on any atom is 0.268 e. The van der Waals surface area contributed by atoms with Crippen molar-refractivity contribution in [1.29, 1.82) is 0 Å². The molecule has 0 aromatic heterocycles. The zero-order valence-corrected chi connectivity index (χ0v) is 33.5. The van der Waals surface area contributed by atoms with Crippen molar-refractivity contribution in [3.63, 3.8) is 0 Å². The van der Waals surface area contributed by atoms with E-state index >= 15 is 0 Å². The monoisotopic (exact) mass is 723 g/mol. The molecule has 0 saturated carbocycles. The summed E-state index contributed by atoms with van der Waals surface area (Å²) in [7, 11) is 1.22. The molecule has 0 spiro atoms. The minimum atomic E-state index is -4.59. The predicted octanol–water partition coefficient (Wildman–Crippen LogP) is 9.66. The number of nitrogens with one attached hydrogen (secondary N) is 1. The lowest BCUT2D eigenvalue weighted by atomic mass is 10.1. The number of phosphoric ester groups is 1. The zero-order chi connectivity index (χ0) is 37.2. The molecule has 3 unspecified atom stereocenters. The van der Waals surface area contributed by atoms with Gasteiger partial charge in [-0.15, -0.1) is 0 Å². The number of allylic oxidation sites excluding steroid dienone is 9. The second-order valence-corrected chi connectivity index (χ2v) is 15.7. The van der Waals surface area contributed by atoms with E-state index in [0.29, 0.717) is 17.4 Å². The van der Waals surface area contributed by atoms with Crippen molar-refractivity contribution >= 4 is 13.7 Å². The number of unbranched alkanes of at least 4 members (excludes halogenated alkanes) is 13. The first kappa shape index (κ1) is 48.2. The number of likely N-dealkylation sites (N-methyl/N-ethyl adjacent to an activating group) is 1. The molecule has 0 saturated heterocycles. The molecular formula is C41H75N2O6P. The van der Waals surface area contributed by atoms with E-state index in [4.69, 9.17) is 9.05 Å². The number of nitrogens with zero attached hydrogens (tertiary/aromatic N) is 1. The Hall–Kier alpha value is -1.80. The fourth-order valence-electron chi connectivity index (χ4n) is 5.00. The van der Waals surface area contributed by atoms with Crippen LogP contribution in [0.1, 0.15) is 142 Å². The number of carbonyl (C=O) groups is 1. The molecule has 1 amide bonds. The van der Waals surface area contributed by atoms with Crippen LogP contribution in [0.2, 0.25) is 0 Å². The Kier molecular flexibility index (Phi) is 31.9. The van der Waals surface area contributed by atoms with Crippen molar-refractivity contribution in [3.8, 4) is 0 Å². The highest BCUT2D eigenvalue weighted by Crippen LogP contribution is 2.38. The average Bonchev–Trinajstić information content (AvgIpc) is 3.06. The molecule has 50 heavy (non-hydrogen) atoms. The van der Waals surface area contributed by atoms with Gasteiger partial charge in [0.2, 0.25) is 5.91 Å². The van der Waals surface area contributed by atoms with E-state index in [1.54, 1.807) is 6.08 Å². The van der Waals surface area contributed by atoms with Crippen LogP contribution in [0.25, 0.3) is 0 Å². The third kappa shape index (κ3) is 34.6. The summed E-state index contributed by atoms with van der Waals surface area (Å²) in [4.78, 5) is 25.1. The van der Waals surface area contributed by atoms with Gasteiger partial charge >= 0.3 is 0 Å². The first-order valence-electron chi connectivity index (χ1n) is 19.7. The molecule has 0 aliphatic heterocycles. The molecule has 0 rings (SSSR count). The summed E-state index contributed by atoms with van der Waals surface area (Å²) in [5, 5.41) is 13.6. The quantitative estimate of drug-likeness (QED) is 0.0297. The Bertz CT molecular complexity index is 1000. The maximum absolute atomic E-state index is 12.7. The minimum absolute atomic E-state index is 0.0126. The highest BCUT2D eigenvalue weighted by molar-refractivity contribution is 7.45. The van der Waals surface area contributed by atoms with E-state index in [-0.39, 0.29) is 12.5 Å². The minimum Gasteiger partial charge on any atom is -0.756 e. The molecule has 9 heteroatoms. The number of hydrogen-bond donors (Lipinski definition) is 2. The molecule has 3 atom stereocenters. The lowest BCUT2D eigenvalue weighted by molar-refractivity contribution is -0.870. The van der Waals surface area contributed by atoms with Crippen molar-refractivity contribution in [2.24, 2.45) is 0 Å². The first-order valence-corrected chi connectivity index (χ1v) is 21.1. The summed E-state index contributed by atoms with van der Waals surface area (Å²) in [6.45, 7) is 4.46. The van der Waals surface area contributed by atoms with Crippen molar-refractivity contribution in [2.45, 2.75) is 154 Å². The summed E-state index contributed by atoms with van der Waals surface area (Å²) in [5.41, 5.74) is 0. The predicted molar refractivity (Wildman–Crippen MR) is 210 cm³/mol. The van der Waals surface area contributed by atoms with Crippen molar-refractivity contribution in [3.05, 3.63) is 60.8 Å². The number of aliphatic hydroxyl groups is 1. The lowest BCUT2D eigenvalue weighted by Crippen LogP contribution is -2.45. The average molecular weight is 723 g/mol. The molecule has 0 aliphatic carbocycles. The van der Waals surface area contributed by atoms with E-state index in [1.807, 2.05) is 27.2 Å². The van der Waals surface area contributed by atoms with Gasteiger partial charge in [0.15, 0.2) is 0 Å². The van der Waals surface area contributed by atoms with Gasteiger partial charge in [-0.25, -0.2) is 0 Å². The Morgan fingerprint density at radius 2 is 1.22 bits per heavy atom. The Morgan fingerprint density at radius 1 is 0.700 bits per heavy atom. The van der Waals surface area contributed by atoms with Crippen LogP contribution in [0.4, 0.5) is 0 Å². The van der Waals surface area contributed by atoms with Gasteiger partial charge < -0.3 is 28.8 Å². The summed E-state index contributed by atoms with van der Waals surface area (Å²) in [6, 6.07) is -0.908. The Labute approximate surface area is 307 Å². The third-order valence-corrected chi connectivity index (χ3v) is 9.15. The maximum atomic E-state index is 12.7. The van der Waals surface area contributed by atoms with Gasteiger partial charge in [-0.2, -0.15) is 0 Å². The highest BCUT2D eigenvalue weighted by Gasteiger charge is 2.23. The van der Waals surface area contributed by atoms with Crippen LogP contribution in [-0.2, 0) is 18.4 Å². The first-order chi connectivity index (χ1) is 24.0. The Balaban J connectivity index is 4.35. The number of quaternary nitrogens is 1. The topological polar surface area (TPSA) is 108 Å². The van der Waals surface area contributed by atoms with Crippen molar-refractivity contribution < 1.29 is 32.9 Å². The summed E-state index contributed by atoms with van der Waals surface area (Å²) < 4.78 is 23.0. The van der Waals surface area contributed by atoms with Gasteiger partial charge in [-0.3, -0.25) is 9.36 Å². The van der Waals surface area contributed by atoms with Crippen LogP contribution >= 0.6 is 7.82 Å². The largest absolute Gasteiger partial charge is 0.756 e. The van der Waals surface area contributed by atoms with Crippen molar-refractivity contribution in [1.82, 2.24) is 5.32 Å². The highest BCUT2D eigenvalue weighted by atomic mass is 31.2. The van der Waals surface area contributed by atoms with Gasteiger partial charge in [0.1, 0.15) is 13.2 Å². The lowest BCUT2D eigenvalue weighted by Gasteiger charge is -2.29.